The van der Waals surface area contributed by atoms with Crippen LogP contribution < -0.4 is 5.32 Å². The Morgan fingerprint density at radius 1 is 1.14 bits per heavy atom. The van der Waals surface area contributed by atoms with Crippen LogP contribution in [-0.2, 0) is 9.53 Å². The van der Waals surface area contributed by atoms with Gasteiger partial charge in [-0.15, -0.1) is 0 Å². The fraction of sp³-hybridized carbons (Fsp3) is 0.824. The molecular formula is C17H28N2O2. The molecule has 2 aliphatic carbocycles. The molecule has 3 aliphatic rings. The lowest BCUT2D eigenvalue weighted by molar-refractivity contribution is -0.127. The number of hydrogen-bond donors (Lipinski definition) is 1. The van der Waals surface area contributed by atoms with Crippen molar-refractivity contribution in [3.63, 3.8) is 0 Å². The minimum Gasteiger partial charge on any atom is -0.379 e. The summed E-state index contributed by atoms with van der Waals surface area (Å²) in [5.41, 5.74) is 0.00919. The number of nitrogens with zero attached hydrogens (tertiary/aromatic N) is 1. The highest BCUT2D eigenvalue weighted by Crippen LogP contribution is 2.30. The topological polar surface area (TPSA) is 41.6 Å². The second-order valence-corrected chi connectivity index (χ2v) is 6.86. The van der Waals surface area contributed by atoms with Gasteiger partial charge in [0.1, 0.15) is 0 Å². The summed E-state index contributed by atoms with van der Waals surface area (Å²) in [5, 5.41) is 3.46. The molecule has 0 atom stereocenters. The lowest BCUT2D eigenvalue weighted by Gasteiger charge is -2.43. The van der Waals surface area contributed by atoms with Crippen molar-refractivity contribution in [2.24, 2.45) is 5.92 Å². The Balaban J connectivity index is 1.62. The van der Waals surface area contributed by atoms with Crippen molar-refractivity contribution in [1.82, 2.24) is 10.2 Å². The largest absolute Gasteiger partial charge is 0.379 e. The summed E-state index contributed by atoms with van der Waals surface area (Å²) in [4.78, 5) is 15.0. The van der Waals surface area contributed by atoms with E-state index in [0.29, 0.717) is 0 Å². The van der Waals surface area contributed by atoms with Crippen molar-refractivity contribution < 1.29 is 9.53 Å². The number of rotatable bonds is 4. The monoisotopic (exact) mass is 292 g/mol. The maximum absolute atomic E-state index is 12.6. The minimum absolute atomic E-state index is 0.00919. The van der Waals surface area contributed by atoms with E-state index in [1.54, 1.807) is 0 Å². The van der Waals surface area contributed by atoms with Gasteiger partial charge in [0.05, 0.1) is 18.8 Å². The summed E-state index contributed by atoms with van der Waals surface area (Å²) in [6, 6.07) is 0. The van der Waals surface area contributed by atoms with Gasteiger partial charge in [0.15, 0.2) is 0 Å². The summed E-state index contributed by atoms with van der Waals surface area (Å²) < 4.78 is 5.45. The van der Waals surface area contributed by atoms with Crippen LogP contribution in [0.5, 0.6) is 0 Å². The molecule has 1 aliphatic heterocycles. The Kier molecular flexibility index (Phi) is 4.96. The van der Waals surface area contributed by atoms with E-state index >= 15 is 0 Å². The highest BCUT2D eigenvalue weighted by atomic mass is 16.5. The number of hydrogen-bond acceptors (Lipinski definition) is 3. The number of ether oxygens (including phenoxy) is 1. The van der Waals surface area contributed by atoms with E-state index in [2.05, 4.69) is 22.4 Å². The molecule has 118 valence electrons. The van der Waals surface area contributed by atoms with Crippen LogP contribution in [0.1, 0.15) is 44.9 Å². The average molecular weight is 292 g/mol. The average Bonchev–Trinajstić information content (AvgIpc) is 3.03. The number of nitrogens with one attached hydrogen (secondary N) is 1. The maximum Gasteiger partial charge on any atom is 0.224 e. The quantitative estimate of drug-likeness (QED) is 0.807. The van der Waals surface area contributed by atoms with Crippen LogP contribution >= 0.6 is 0 Å². The normalized spacial score (nSPS) is 26.9. The van der Waals surface area contributed by atoms with Gasteiger partial charge in [-0.05, 0) is 25.7 Å². The molecular weight excluding hydrogens is 264 g/mol. The van der Waals surface area contributed by atoms with Crippen LogP contribution in [0.15, 0.2) is 12.2 Å². The fourth-order valence-corrected chi connectivity index (χ4v) is 3.93. The van der Waals surface area contributed by atoms with Crippen LogP contribution in [0.4, 0.5) is 0 Å². The Morgan fingerprint density at radius 2 is 1.81 bits per heavy atom. The van der Waals surface area contributed by atoms with Crippen LogP contribution in [0.3, 0.4) is 0 Å². The van der Waals surface area contributed by atoms with Crippen molar-refractivity contribution in [3.05, 3.63) is 12.2 Å². The predicted octanol–water partition coefficient (Wildman–Crippen LogP) is 2.10. The zero-order valence-electron chi connectivity index (χ0n) is 13.0. The molecule has 1 saturated heterocycles. The van der Waals surface area contributed by atoms with Gasteiger partial charge >= 0.3 is 0 Å². The van der Waals surface area contributed by atoms with Crippen molar-refractivity contribution in [2.75, 3.05) is 32.8 Å². The third-order valence-corrected chi connectivity index (χ3v) is 5.21. The first kappa shape index (κ1) is 15.0. The molecule has 0 unspecified atom stereocenters. The van der Waals surface area contributed by atoms with Gasteiger partial charge < -0.3 is 10.1 Å². The first-order valence-electron chi connectivity index (χ1n) is 8.55. The lowest BCUT2D eigenvalue weighted by Crippen LogP contribution is -2.58. The van der Waals surface area contributed by atoms with Gasteiger partial charge in [-0.3, -0.25) is 9.69 Å². The molecule has 1 saturated carbocycles. The number of carbonyl (C=O) groups excluding carboxylic acids is 1. The lowest BCUT2D eigenvalue weighted by atomic mass is 9.80. The molecule has 0 spiro atoms. The predicted molar refractivity (Wildman–Crippen MR) is 83.1 cm³/mol. The second-order valence-electron chi connectivity index (χ2n) is 6.86. The molecule has 0 radical (unpaired) electrons. The zero-order chi connectivity index (χ0) is 14.5. The van der Waals surface area contributed by atoms with Crippen LogP contribution in [0.2, 0.25) is 0 Å². The van der Waals surface area contributed by atoms with E-state index < -0.39 is 0 Å². The Bertz CT molecular complexity index is 374. The second kappa shape index (κ2) is 6.93. The standard InChI is InChI=1S/C17H28N2O2/c20-16(15-6-2-3-7-15)18-17(8-4-1-5-9-17)14-19-10-12-21-13-11-19/h2-3,15H,1,4-14H2,(H,18,20). The van der Waals surface area contributed by atoms with E-state index in [9.17, 15) is 4.79 Å². The SMILES string of the molecule is O=C(NC1(CN2CCOCC2)CCCCC1)C1CC=CC1. The van der Waals surface area contributed by atoms with Crippen molar-refractivity contribution in [1.29, 1.82) is 0 Å². The minimum atomic E-state index is 0.00919. The smallest absolute Gasteiger partial charge is 0.224 e. The van der Waals surface area contributed by atoms with Gasteiger partial charge in [-0.1, -0.05) is 31.4 Å². The zero-order valence-corrected chi connectivity index (χ0v) is 13.0. The summed E-state index contributed by atoms with van der Waals surface area (Å²) in [6.45, 7) is 4.67. The van der Waals surface area contributed by atoms with E-state index in [4.69, 9.17) is 4.74 Å². The summed E-state index contributed by atoms with van der Waals surface area (Å²) in [6.07, 6.45) is 12.2. The van der Waals surface area contributed by atoms with Crippen LogP contribution in [0, 0.1) is 5.92 Å². The molecule has 1 N–H and O–H groups in total. The molecule has 4 heteroatoms. The fourth-order valence-electron chi connectivity index (χ4n) is 3.93. The molecule has 0 aromatic rings. The number of amides is 1. The summed E-state index contributed by atoms with van der Waals surface area (Å²) in [5.74, 6) is 0.448. The molecule has 21 heavy (non-hydrogen) atoms. The van der Waals surface area contributed by atoms with Crippen molar-refractivity contribution >= 4 is 5.91 Å². The van der Waals surface area contributed by atoms with Gasteiger partial charge in [-0.25, -0.2) is 0 Å². The molecule has 3 rings (SSSR count). The summed E-state index contributed by atoms with van der Waals surface area (Å²) in [7, 11) is 0. The van der Waals surface area contributed by atoms with Gasteiger partial charge in [0.2, 0.25) is 5.91 Å². The Labute approximate surface area is 127 Å². The molecule has 1 amide bonds. The van der Waals surface area contributed by atoms with E-state index in [1.165, 1.54) is 19.3 Å². The van der Waals surface area contributed by atoms with Gasteiger partial charge in [0, 0.05) is 25.6 Å². The third kappa shape index (κ3) is 3.86. The molecule has 0 bridgehead atoms. The van der Waals surface area contributed by atoms with Crippen molar-refractivity contribution in [3.8, 4) is 0 Å². The Morgan fingerprint density at radius 3 is 2.48 bits per heavy atom. The highest BCUT2D eigenvalue weighted by Gasteiger charge is 2.37. The molecule has 4 nitrogen and oxygen atoms in total. The molecule has 0 aromatic heterocycles. The first-order valence-corrected chi connectivity index (χ1v) is 8.55. The van der Waals surface area contributed by atoms with E-state index in [-0.39, 0.29) is 17.4 Å². The van der Waals surface area contributed by atoms with Gasteiger partial charge in [-0.2, -0.15) is 0 Å². The van der Waals surface area contributed by atoms with Crippen LogP contribution in [-0.4, -0.2) is 49.2 Å². The van der Waals surface area contributed by atoms with Crippen LogP contribution in [0.25, 0.3) is 0 Å². The van der Waals surface area contributed by atoms with E-state index in [0.717, 1.165) is 58.5 Å². The molecule has 2 fully saturated rings. The Hall–Kier alpha value is -0.870. The molecule has 0 aromatic carbocycles. The number of allylic oxidation sites excluding steroid dienone is 2. The first-order chi connectivity index (χ1) is 10.3. The van der Waals surface area contributed by atoms with E-state index in [1.807, 2.05) is 0 Å². The molecule has 1 heterocycles. The van der Waals surface area contributed by atoms with Crippen molar-refractivity contribution in [2.45, 2.75) is 50.5 Å². The number of morpholine rings is 1. The highest BCUT2D eigenvalue weighted by molar-refractivity contribution is 5.80. The summed E-state index contributed by atoms with van der Waals surface area (Å²) >= 11 is 0. The number of carbonyl (C=O) groups is 1. The third-order valence-electron chi connectivity index (χ3n) is 5.21. The van der Waals surface area contributed by atoms with Gasteiger partial charge in [0.25, 0.3) is 0 Å². The maximum atomic E-state index is 12.6.